The van der Waals surface area contributed by atoms with Crippen LogP contribution < -0.4 is 0 Å². The fraction of sp³-hybridized carbons (Fsp3) is 0. The highest BCUT2D eigenvalue weighted by Crippen LogP contribution is 2.38. The van der Waals surface area contributed by atoms with Crippen LogP contribution in [0.5, 0.6) is 0 Å². The quantitative estimate of drug-likeness (QED) is 0.410. The van der Waals surface area contributed by atoms with Crippen molar-refractivity contribution in [3.63, 3.8) is 0 Å². The van der Waals surface area contributed by atoms with Crippen molar-refractivity contribution in [3.05, 3.63) is 54.7 Å². The van der Waals surface area contributed by atoms with Gasteiger partial charge in [0.2, 0.25) is 0 Å². The Kier molecular flexibility index (Phi) is 3.00. The fourth-order valence-corrected chi connectivity index (χ4v) is 5.33. The van der Waals surface area contributed by atoms with Crippen LogP contribution in [0.4, 0.5) is 0 Å². The van der Waals surface area contributed by atoms with Crippen LogP contribution in [-0.2, 0) is 0 Å². The Bertz CT molecular complexity index is 982. The molecule has 3 heterocycles. The minimum Gasteiger partial charge on any atom is -0.241 e. The lowest BCUT2D eigenvalue weighted by Gasteiger charge is -1.86. The van der Waals surface area contributed by atoms with Gasteiger partial charge in [-0.25, -0.2) is 15.0 Å². The lowest BCUT2D eigenvalue weighted by molar-refractivity contribution is 1.38. The van der Waals surface area contributed by atoms with E-state index in [1.54, 1.807) is 34.0 Å². The van der Waals surface area contributed by atoms with E-state index in [0.717, 1.165) is 30.9 Å². The molecule has 23 heavy (non-hydrogen) atoms. The number of nitrogens with zero attached hydrogens (tertiary/aromatic N) is 3. The molecular formula is C17H9N3S3. The van der Waals surface area contributed by atoms with Crippen molar-refractivity contribution in [1.29, 1.82) is 0 Å². The van der Waals surface area contributed by atoms with Crippen molar-refractivity contribution in [1.82, 2.24) is 15.0 Å². The van der Waals surface area contributed by atoms with Gasteiger partial charge < -0.3 is 0 Å². The Morgan fingerprint density at radius 3 is 1.91 bits per heavy atom. The molecule has 0 radical (unpaired) electrons. The minimum absolute atomic E-state index is 0.959. The van der Waals surface area contributed by atoms with Gasteiger partial charge in [-0.1, -0.05) is 24.3 Å². The lowest BCUT2D eigenvalue weighted by Crippen LogP contribution is -1.71. The molecule has 0 fully saturated rings. The summed E-state index contributed by atoms with van der Waals surface area (Å²) in [6.07, 6.45) is 1.91. The zero-order valence-corrected chi connectivity index (χ0v) is 14.2. The summed E-state index contributed by atoms with van der Waals surface area (Å²) in [7, 11) is 0. The largest absolute Gasteiger partial charge is 0.241 e. The van der Waals surface area contributed by atoms with Crippen LogP contribution in [0.3, 0.4) is 0 Å². The Morgan fingerprint density at radius 2 is 1.22 bits per heavy atom. The highest BCUT2D eigenvalue weighted by molar-refractivity contribution is 7.29. The second-order valence-electron chi connectivity index (χ2n) is 5.00. The van der Waals surface area contributed by atoms with Gasteiger partial charge in [-0.3, -0.25) is 0 Å². The summed E-state index contributed by atoms with van der Waals surface area (Å²) in [5.41, 5.74) is 2.08. The summed E-state index contributed by atoms with van der Waals surface area (Å²) >= 11 is 5.04. The molecule has 0 N–H and O–H groups in total. The van der Waals surface area contributed by atoms with E-state index >= 15 is 0 Å². The van der Waals surface area contributed by atoms with Crippen LogP contribution >= 0.6 is 34.0 Å². The van der Waals surface area contributed by atoms with Crippen LogP contribution in [-0.4, -0.2) is 15.0 Å². The molecule has 5 aromatic rings. The van der Waals surface area contributed by atoms with Gasteiger partial charge in [-0.15, -0.1) is 34.0 Å². The second-order valence-corrected chi connectivity index (χ2v) is 8.10. The normalized spacial score (nSPS) is 11.5. The first-order valence-corrected chi connectivity index (χ1v) is 9.49. The zero-order chi connectivity index (χ0) is 15.2. The third-order valence-electron chi connectivity index (χ3n) is 3.49. The Labute approximate surface area is 143 Å². The monoisotopic (exact) mass is 351 g/mol. The van der Waals surface area contributed by atoms with Crippen molar-refractivity contribution in [2.45, 2.75) is 0 Å². The van der Waals surface area contributed by atoms with E-state index in [1.807, 2.05) is 42.6 Å². The standard InChI is InChI=1S/C17H9N3S3/c1-3-7-12-10(5-1)19-15(21-12)14-9-18-16(23-14)17-20-11-6-2-4-8-13(11)22-17/h1-9H. The third-order valence-corrected chi connectivity index (χ3v) is 6.87. The molecular weight excluding hydrogens is 342 g/mol. The predicted octanol–water partition coefficient (Wildman–Crippen LogP) is 5.70. The van der Waals surface area contributed by atoms with Gasteiger partial charge in [0, 0.05) is 6.20 Å². The number of rotatable bonds is 2. The Balaban J connectivity index is 1.59. The molecule has 3 aromatic heterocycles. The maximum atomic E-state index is 4.70. The van der Waals surface area contributed by atoms with Crippen molar-refractivity contribution in [2.24, 2.45) is 0 Å². The Hall–Kier alpha value is -2.15. The molecule has 0 unspecified atom stereocenters. The van der Waals surface area contributed by atoms with E-state index in [0.29, 0.717) is 0 Å². The summed E-state index contributed by atoms with van der Waals surface area (Å²) in [4.78, 5) is 15.0. The van der Waals surface area contributed by atoms with Crippen LogP contribution in [0.15, 0.2) is 54.7 Å². The third kappa shape index (κ3) is 2.26. The van der Waals surface area contributed by atoms with E-state index in [-0.39, 0.29) is 0 Å². The number of para-hydroxylation sites is 2. The molecule has 0 atom stereocenters. The van der Waals surface area contributed by atoms with Crippen LogP contribution in [0.1, 0.15) is 0 Å². The summed E-state index contributed by atoms with van der Waals surface area (Å²) in [6.45, 7) is 0. The van der Waals surface area contributed by atoms with Gasteiger partial charge >= 0.3 is 0 Å². The molecule has 0 aliphatic rings. The average molecular weight is 351 g/mol. The van der Waals surface area contributed by atoms with E-state index < -0.39 is 0 Å². The summed E-state index contributed by atoms with van der Waals surface area (Å²) in [5.74, 6) is 0. The van der Waals surface area contributed by atoms with Gasteiger partial charge in [-0.05, 0) is 24.3 Å². The molecule has 0 spiro atoms. The first kappa shape index (κ1) is 13.3. The van der Waals surface area contributed by atoms with Crippen molar-refractivity contribution in [3.8, 4) is 19.9 Å². The molecule has 0 saturated heterocycles. The van der Waals surface area contributed by atoms with Gasteiger partial charge in [0.1, 0.15) is 5.01 Å². The van der Waals surface area contributed by atoms with Crippen LogP contribution in [0.25, 0.3) is 40.3 Å². The highest BCUT2D eigenvalue weighted by atomic mass is 32.1. The maximum absolute atomic E-state index is 4.70. The summed E-state index contributed by atoms with van der Waals surface area (Å²) in [5, 5.41) is 2.96. The first-order chi connectivity index (χ1) is 11.4. The van der Waals surface area contributed by atoms with Crippen molar-refractivity contribution >= 4 is 54.4 Å². The molecule has 0 aliphatic carbocycles. The number of hydrogen-bond acceptors (Lipinski definition) is 6. The minimum atomic E-state index is 0.959. The second kappa shape index (κ2) is 5.19. The van der Waals surface area contributed by atoms with Crippen LogP contribution in [0, 0.1) is 0 Å². The number of thiazole rings is 3. The molecule has 0 bridgehead atoms. The van der Waals surface area contributed by atoms with Gasteiger partial charge in [0.15, 0.2) is 10.0 Å². The van der Waals surface area contributed by atoms with E-state index in [1.165, 1.54) is 9.40 Å². The molecule has 0 aliphatic heterocycles. The maximum Gasteiger partial charge on any atom is 0.153 e. The molecule has 0 saturated carbocycles. The molecule has 110 valence electrons. The first-order valence-electron chi connectivity index (χ1n) is 7.04. The lowest BCUT2D eigenvalue weighted by atomic mass is 10.3. The zero-order valence-electron chi connectivity index (χ0n) is 11.8. The molecule has 3 nitrogen and oxygen atoms in total. The summed E-state index contributed by atoms with van der Waals surface area (Å²) < 4.78 is 2.40. The number of benzene rings is 2. The number of fused-ring (bicyclic) bond motifs is 2. The van der Waals surface area contributed by atoms with Gasteiger partial charge in [0.05, 0.1) is 25.3 Å². The van der Waals surface area contributed by atoms with Crippen molar-refractivity contribution < 1.29 is 0 Å². The van der Waals surface area contributed by atoms with Gasteiger partial charge in [0.25, 0.3) is 0 Å². The predicted molar refractivity (Wildman–Crippen MR) is 99.3 cm³/mol. The van der Waals surface area contributed by atoms with Crippen LogP contribution in [0.2, 0.25) is 0 Å². The van der Waals surface area contributed by atoms with Crippen molar-refractivity contribution in [2.75, 3.05) is 0 Å². The molecule has 6 heteroatoms. The topological polar surface area (TPSA) is 38.7 Å². The SMILES string of the molecule is c1ccc2sc(-c3cnc(-c4nc5ccccc5s4)s3)nc2c1. The fourth-order valence-electron chi connectivity index (χ4n) is 2.41. The molecule has 5 rings (SSSR count). The van der Waals surface area contributed by atoms with Gasteiger partial charge in [-0.2, -0.15) is 0 Å². The average Bonchev–Trinajstić information content (AvgIpc) is 3.30. The summed E-state index contributed by atoms with van der Waals surface area (Å²) in [6, 6.07) is 16.4. The van der Waals surface area contributed by atoms with E-state index in [4.69, 9.17) is 4.98 Å². The smallest absolute Gasteiger partial charge is 0.153 e. The molecule has 2 aromatic carbocycles. The van der Waals surface area contributed by atoms with E-state index in [2.05, 4.69) is 22.1 Å². The van der Waals surface area contributed by atoms with E-state index in [9.17, 15) is 0 Å². The molecule has 0 amide bonds. The Morgan fingerprint density at radius 1 is 0.609 bits per heavy atom. The number of hydrogen-bond donors (Lipinski definition) is 0. The number of aromatic nitrogens is 3. The highest BCUT2D eigenvalue weighted by Gasteiger charge is 2.13.